The molecule has 156 valence electrons. The summed E-state index contributed by atoms with van der Waals surface area (Å²) in [5.41, 5.74) is 0.239. The summed E-state index contributed by atoms with van der Waals surface area (Å²) in [5.74, 6) is -4.74. The van der Waals surface area contributed by atoms with Crippen molar-refractivity contribution >= 4 is 5.69 Å². The summed E-state index contributed by atoms with van der Waals surface area (Å²) in [6.07, 6.45) is -6.44. The first-order chi connectivity index (χ1) is 12.8. The smallest absolute Gasteiger partial charge is 0.425 e. The molecule has 2 rings (SSSR count). The van der Waals surface area contributed by atoms with Gasteiger partial charge in [0.05, 0.1) is 11.9 Å². The fraction of sp³-hybridized carbons (Fsp3) is 0.600. The molecule has 0 amide bonds. The summed E-state index contributed by atoms with van der Waals surface area (Å²) in [5, 5.41) is 6.92. The van der Waals surface area contributed by atoms with Crippen LogP contribution in [0.3, 0.4) is 0 Å². The average Bonchev–Trinajstić information content (AvgIpc) is 3.10. The number of ether oxygens (including phenoxy) is 1. The van der Waals surface area contributed by atoms with Gasteiger partial charge in [-0.3, -0.25) is 0 Å². The van der Waals surface area contributed by atoms with Gasteiger partial charge in [-0.2, -0.15) is 32.0 Å². The van der Waals surface area contributed by atoms with E-state index in [1.165, 1.54) is 23.5 Å². The summed E-state index contributed by atoms with van der Waals surface area (Å²) < 4.78 is 82.0. The lowest BCUT2D eigenvalue weighted by atomic mass is 9.97. The van der Waals surface area contributed by atoms with Crippen molar-refractivity contribution in [3.8, 4) is 11.8 Å². The Morgan fingerprint density at radius 1 is 1.18 bits per heavy atom. The van der Waals surface area contributed by atoms with Crippen LogP contribution in [0.15, 0.2) is 18.9 Å². The Balaban J connectivity index is 2.21. The molecule has 1 atom stereocenters. The van der Waals surface area contributed by atoms with Gasteiger partial charge >= 0.3 is 18.1 Å². The molecule has 0 radical (unpaired) electrons. The third-order valence-electron chi connectivity index (χ3n) is 3.24. The van der Waals surface area contributed by atoms with E-state index in [1.807, 2.05) is 20.8 Å². The number of halogens is 6. The quantitative estimate of drug-likeness (QED) is 0.703. The number of anilines is 1. The van der Waals surface area contributed by atoms with Crippen molar-refractivity contribution in [3.63, 3.8) is 0 Å². The normalized spacial score (nSPS) is 14.0. The summed E-state index contributed by atoms with van der Waals surface area (Å²) in [7, 11) is 0. The van der Waals surface area contributed by atoms with Crippen LogP contribution in [-0.2, 0) is 0 Å². The van der Waals surface area contributed by atoms with Gasteiger partial charge in [0.25, 0.3) is 6.17 Å². The number of alkyl halides is 6. The van der Waals surface area contributed by atoms with Gasteiger partial charge in [0.2, 0.25) is 0 Å². The number of aromatic nitrogens is 5. The number of nitrogens with zero attached hydrogens (tertiary/aromatic N) is 5. The van der Waals surface area contributed by atoms with Crippen molar-refractivity contribution in [1.82, 2.24) is 24.7 Å². The zero-order valence-electron chi connectivity index (χ0n) is 15.1. The first-order valence-electron chi connectivity index (χ1n) is 7.97. The molecule has 1 N–H and O–H groups in total. The molecule has 0 spiro atoms. The predicted octanol–water partition coefficient (Wildman–Crippen LogP) is 3.43. The molecule has 0 aliphatic heterocycles. The number of hydrogen-bond acceptors (Lipinski definition) is 6. The lowest BCUT2D eigenvalue weighted by molar-refractivity contribution is -0.250. The molecular weight excluding hydrogens is 394 g/mol. The highest BCUT2D eigenvalue weighted by atomic mass is 19.4. The van der Waals surface area contributed by atoms with E-state index in [0.29, 0.717) is 12.2 Å². The van der Waals surface area contributed by atoms with E-state index in [1.54, 1.807) is 0 Å². The van der Waals surface area contributed by atoms with Crippen molar-refractivity contribution in [2.45, 2.75) is 39.0 Å². The lowest BCUT2D eigenvalue weighted by Gasteiger charge is -2.22. The Bertz CT molecular complexity index is 774. The Labute approximate surface area is 156 Å². The molecule has 2 aromatic heterocycles. The van der Waals surface area contributed by atoms with Crippen LogP contribution >= 0.6 is 0 Å². The minimum Gasteiger partial charge on any atom is -0.457 e. The van der Waals surface area contributed by atoms with E-state index in [0.717, 1.165) is 0 Å². The maximum atomic E-state index is 13.4. The topological polar surface area (TPSA) is 77.8 Å². The molecular formula is C15H18F6N6O. The van der Waals surface area contributed by atoms with Crippen LogP contribution in [0.4, 0.5) is 32.0 Å². The van der Waals surface area contributed by atoms with Crippen molar-refractivity contribution in [2.24, 2.45) is 5.41 Å². The molecule has 0 bridgehead atoms. The SMILES string of the molecule is CC(C)(C)CNc1cnc(OCC(F)(F)C(F)C(F)(F)F)nc1-n1cncn1. The van der Waals surface area contributed by atoms with Crippen molar-refractivity contribution in [2.75, 3.05) is 18.5 Å². The molecule has 2 aromatic rings. The van der Waals surface area contributed by atoms with E-state index >= 15 is 0 Å². The highest BCUT2D eigenvalue weighted by Gasteiger charge is 2.57. The summed E-state index contributed by atoms with van der Waals surface area (Å²) in [6, 6.07) is -0.666. The van der Waals surface area contributed by atoms with Crippen molar-refractivity contribution < 1.29 is 31.1 Å². The van der Waals surface area contributed by atoms with Crippen LogP contribution in [0.1, 0.15) is 20.8 Å². The lowest BCUT2D eigenvalue weighted by Crippen LogP contribution is -2.45. The molecule has 1 unspecified atom stereocenters. The predicted molar refractivity (Wildman–Crippen MR) is 86.3 cm³/mol. The minimum absolute atomic E-state index is 0.0719. The van der Waals surface area contributed by atoms with Crippen LogP contribution in [0.25, 0.3) is 5.82 Å². The molecule has 0 saturated heterocycles. The molecule has 7 nitrogen and oxygen atoms in total. The van der Waals surface area contributed by atoms with E-state index < -0.39 is 30.9 Å². The van der Waals surface area contributed by atoms with E-state index in [-0.39, 0.29) is 11.2 Å². The fourth-order valence-corrected chi connectivity index (χ4v) is 1.88. The maximum Gasteiger partial charge on any atom is 0.425 e. The van der Waals surface area contributed by atoms with Gasteiger partial charge in [0, 0.05) is 6.54 Å². The number of nitrogens with one attached hydrogen (secondary N) is 1. The van der Waals surface area contributed by atoms with E-state index in [4.69, 9.17) is 0 Å². The largest absolute Gasteiger partial charge is 0.457 e. The van der Waals surface area contributed by atoms with Crippen molar-refractivity contribution in [3.05, 3.63) is 18.9 Å². The van der Waals surface area contributed by atoms with Gasteiger partial charge < -0.3 is 10.1 Å². The van der Waals surface area contributed by atoms with Crippen LogP contribution < -0.4 is 10.1 Å². The van der Waals surface area contributed by atoms with Crippen molar-refractivity contribution in [1.29, 1.82) is 0 Å². The zero-order chi connectivity index (χ0) is 21.2. The van der Waals surface area contributed by atoms with Crippen LogP contribution in [-0.4, -0.2) is 56.2 Å². The summed E-state index contributed by atoms with van der Waals surface area (Å²) in [6.45, 7) is 4.49. The summed E-state index contributed by atoms with van der Waals surface area (Å²) >= 11 is 0. The molecule has 0 fully saturated rings. The van der Waals surface area contributed by atoms with Crippen LogP contribution in [0, 0.1) is 5.41 Å². The minimum atomic E-state index is -5.72. The van der Waals surface area contributed by atoms with Gasteiger partial charge in [-0.25, -0.2) is 19.0 Å². The number of hydrogen-bond donors (Lipinski definition) is 1. The van der Waals surface area contributed by atoms with Crippen LogP contribution in [0.5, 0.6) is 6.01 Å². The second kappa shape index (κ2) is 7.80. The van der Waals surface area contributed by atoms with Gasteiger partial charge in [0.1, 0.15) is 12.7 Å². The third kappa shape index (κ3) is 5.70. The molecule has 2 heterocycles. The highest BCUT2D eigenvalue weighted by Crippen LogP contribution is 2.35. The standard InChI is InChI=1S/C15H18F6N6O/c1-13(2,3)5-24-9-4-23-12(26-10(9)27-8-22-7-25-27)28-6-14(17,18)11(16)15(19,20)21/h4,7-8,11,24H,5-6H2,1-3H3. The highest BCUT2D eigenvalue weighted by molar-refractivity contribution is 5.55. The Morgan fingerprint density at radius 2 is 1.86 bits per heavy atom. The number of rotatable bonds is 7. The summed E-state index contributed by atoms with van der Waals surface area (Å²) in [4.78, 5) is 11.3. The Morgan fingerprint density at radius 3 is 2.39 bits per heavy atom. The zero-order valence-corrected chi connectivity index (χ0v) is 15.1. The fourth-order valence-electron chi connectivity index (χ4n) is 1.88. The first kappa shape index (κ1) is 21.7. The van der Waals surface area contributed by atoms with Gasteiger partial charge in [-0.05, 0) is 5.41 Å². The monoisotopic (exact) mass is 412 g/mol. The van der Waals surface area contributed by atoms with Gasteiger partial charge in [0.15, 0.2) is 12.4 Å². The molecule has 28 heavy (non-hydrogen) atoms. The Kier molecular flexibility index (Phi) is 6.04. The maximum absolute atomic E-state index is 13.4. The third-order valence-corrected chi connectivity index (χ3v) is 3.24. The molecule has 0 saturated carbocycles. The van der Waals surface area contributed by atoms with Crippen LogP contribution in [0.2, 0.25) is 0 Å². The van der Waals surface area contributed by atoms with Gasteiger partial charge in [-0.1, -0.05) is 20.8 Å². The second-order valence-corrected chi connectivity index (χ2v) is 7.10. The molecule has 0 aromatic carbocycles. The van der Waals surface area contributed by atoms with Gasteiger partial charge in [-0.15, -0.1) is 0 Å². The van der Waals surface area contributed by atoms with E-state index in [2.05, 4.69) is 30.1 Å². The van der Waals surface area contributed by atoms with E-state index in [9.17, 15) is 26.3 Å². The second-order valence-electron chi connectivity index (χ2n) is 7.10. The molecule has 0 aliphatic rings. The first-order valence-corrected chi connectivity index (χ1v) is 7.97. The molecule has 13 heteroatoms. The Hall–Kier alpha value is -2.60. The average molecular weight is 412 g/mol. The molecule has 0 aliphatic carbocycles.